The molecule has 1 atom stereocenters. The molecular formula is C15H28ClNO2. The zero-order valence-electron chi connectivity index (χ0n) is 12.4. The van der Waals surface area contributed by atoms with Gasteiger partial charge in [0.05, 0.1) is 6.10 Å². The Morgan fingerprint density at radius 3 is 2.63 bits per heavy atom. The number of carbonyl (C=O) groups is 1. The van der Waals surface area contributed by atoms with Crippen molar-refractivity contribution in [1.29, 1.82) is 0 Å². The standard InChI is InChI=1S/C15H28ClNO2/c1-3-13(4-2)17(11-10-16)15(18)9-8-14-7-5-6-12-19-14/h13-14H,3-12H2,1-2H3. The highest BCUT2D eigenvalue weighted by molar-refractivity contribution is 6.18. The van der Waals surface area contributed by atoms with Crippen LogP contribution in [0.1, 0.15) is 58.8 Å². The molecule has 1 aliphatic heterocycles. The Hall–Kier alpha value is -0.280. The van der Waals surface area contributed by atoms with Crippen molar-refractivity contribution < 1.29 is 9.53 Å². The van der Waals surface area contributed by atoms with E-state index < -0.39 is 0 Å². The average molecular weight is 290 g/mol. The second-order valence-corrected chi connectivity index (χ2v) is 5.65. The first-order valence-corrected chi connectivity index (χ1v) is 8.23. The van der Waals surface area contributed by atoms with Crippen molar-refractivity contribution in [2.24, 2.45) is 0 Å². The molecule has 112 valence electrons. The van der Waals surface area contributed by atoms with Crippen LogP contribution in [0.25, 0.3) is 0 Å². The van der Waals surface area contributed by atoms with Gasteiger partial charge in [-0.25, -0.2) is 0 Å². The lowest BCUT2D eigenvalue weighted by atomic mass is 10.0. The Kier molecular flexibility index (Phi) is 8.47. The number of hydrogen-bond acceptors (Lipinski definition) is 2. The van der Waals surface area contributed by atoms with E-state index in [2.05, 4.69) is 13.8 Å². The maximum atomic E-state index is 12.3. The summed E-state index contributed by atoms with van der Waals surface area (Å²) < 4.78 is 5.68. The second kappa shape index (κ2) is 9.60. The van der Waals surface area contributed by atoms with Gasteiger partial charge in [0.15, 0.2) is 0 Å². The number of carbonyl (C=O) groups excluding carboxylic acids is 1. The first kappa shape index (κ1) is 16.8. The molecule has 0 aliphatic carbocycles. The van der Waals surface area contributed by atoms with Crippen molar-refractivity contribution in [1.82, 2.24) is 4.90 Å². The van der Waals surface area contributed by atoms with Gasteiger partial charge in [-0.3, -0.25) is 4.79 Å². The Labute approximate surface area is 122 Å². The summed E-state index contributed by atoms with van der Waals surface area (Å²) in [6, 6.07) is 0.332. The molecule has 0 N–H and O–H groups in total. The topological polar surface area (TPSA) is 29.5 Å². The first-order chi connectivity index (χ1) is 9.22. The third kappa shape index (κ3) is 5.70. The van der Waals surface area contributed by atoms with Gasteiger partial charge in [0.25, 0.3) is 0 Å². The molecule has 19 heavy (non-hydrogen) atoms. The van der Waals surface area contributed by atoms with Crippen LogP contribution in [0.5, 0.6) is 0 Å². The predicted octanol–water partition coefficient (Wildman–Crippen LogP) is 3.59. The van der Waals surface area contributed by atoms with E-state index in [-0.39, 0.29) is 12.0 Å². The lowest BCUT2D eigenvalue weighted by Crippen LogP contribution is -2.41. The van der Waals surface area contributed by atoms with Crippen LogP contribution in [0.2, 0.25) is 0 Å². The van der Waals surface area contributed by atoms with Crippen LogP contribution in [-0.4, -0.2) is 42.0 Å². The Morgan fingerprint density at radius 2 is 2.11 bits per heavy atom. The van der Waals surface area contributed by atoms with Crippen molar-refractivity contribution in [2.75, 3.05) is 19.0 Å². The molecule has 0 spiro atoms. The summed E-state index contributed by atoms with van der Waals surface area (Å²) in [4.78, 5) is 14.3. The van der Waals surface area contributed by atoms with E-state index in [4.69, 9.17) is 16.3 Å². The fraction of sp³-hybridized carbons (Fsp3) is 0.933. The number of halogens is 1. The highest BCUT2D eigenvalue weighted by atomic mass is 35.5. The summed E-state index contributed by atoms with van der Waals surface area (Å²) in [7, 11) is 0. The number of ether oxygens (including phenoxy) is 1. The van der Waals surface area contributed by atoms with Crippen LogP contribution in [0.4, 0.5) is 0 Å². The average Bonchev–Trinajstić information content (AvgIpc) is 2.46. The molecule has 0 aromatic rings. The largest absolute Gasteiger partial charge is 0.378 e. The van der Waals surface area contributed by atoms with Gasteiger partial charge in [0, 0.05) is 31.5 Å². The molecule has 0 radical (unpaired) electrons. The summed E-state index contributed by atoms with van der Waals surface area (Å²) >= 11 is 5.83. The molecule has 0 aromatic heterocycles. The van der Waals surface area contributed by atoms with E-state index in [9.17, 15) is 4.79 Å². The van der Waals surface area contributed by atoms with Gasteiger partial charge in [0.1, 0.15) is 0 Å². The molecule has 1 aliphatic rings. The quantitative estimate of drug-likeness (QED) is 0.639. The highest BCUT2D eigenvalue weighted by Gasteiger charge is 2.22. The van der Waals surface area contributed by atoms with Gasteiger partial charge >= 0.3 is 0 Å². The minimum atomic E-state index is 0.239. The van der Waals surface area contributed by atoms with Crippen LogP contribution in [0, 0.1) is 0 Å². The fourth-order valence-electron chi connectivity index (χ4n) is 2.79. The minimum Gasteiger partial charge on any atom is -0.378 e. The molecule has 0 bridgehead atoms. The van der Waals surface area contributed by atoms with Crippen LogP contribution in [-0.2, 0) is 9.53 Å². The molecular weight excluding hydrogens is 262 g/mol. The Morgan fingerprint density at radius 1 is 1.37 bits per heavy atom. The Balaban J connectivity index is 2.41. The predicted molar refractivity (Wildman–Crippen MR) is 79.6 cm³/mol. The zero-order chi connectivity index (χ0) is 14.1. The number of alkyl halides is 1. The lowest BCUT2D eigenvalue weighted by Gasteiger charge is -2.31. The molecule has 1 rings (SSSR count). The normalized spacial score (nSPS) is 19.7. The molecule has 3 nitrogen and oxygen atoms in total. The van der Waals surface area contributed by atoms with Gasteiger partial charge in [-0.1, -0.05) is 13.8 Å². The zero-order valence-corrected chi connectivity index (χ0v) is 13.1. The molecule has 1 unspecified atom stereocenters. The van der Waals surface area contributed by atoms with E-state index in [1.54, 1.807) is 0 Å². The highest BCUT2D eigenvalue weighted by Crippen LogP contribution is 2.19. The fourth-order valence-corrected chi connectivity index (χ4v) is 2.98. The number of rotatable bonds is 8. The summed E-state index contributed by atoms with van der Waals surface area (Å²) in [5.41, 5.74) is 0. The van der Waals surface area contributed by atoms with E-state index in [0.717, 1.165) is 38.7 Å². The van der Waals surface area contributed by atoms with Crippen LogP contribution in [0.3, 0.4) is 0 Å². The molecule has 1 amide bonds. The third-order valence-corrected chi connectivity index (χ3v) is 4.15. The van der Waals surface area contributed by atoms with E-state index in [1.165, 1.54) is 6.42 Å². The first-order valence-electron chi connectivity index (χ1n) is 7.69. The van der Waals surface area contributed by atoms with Crippen molar-refractivity contribution in [3.8, 4) is 0 Å². The van der Waals surface area contributed by atoms with Crippen LogP contribution in [0.15, 0.2) is 0 Å². The summed E-state index contributed by atoms with van der Waals surface area (Å²) in [5.74, 6) is 0.755. The van der Waals surface area contributed by atoms with Crippen molar-refractivity contribution in [3.05, 3.63) is 0 Å². The van der Waals surface area contributed by atoms with Crippen molar-refractivity contribution in [3.63, 3.8) is 0 Å². The van der Waals surface area contributed by atoms with Gasteiger partial charge in [-0.05, 0) is 38.5 Å². The van der Waals surface area contributed by atoms with Gasteiger partial charge in [-0.15, -0.1) is 11.6 Å². The molecule has 1 heterocycles. The number of amides is 1. The van der Waals surface area contributed by atoms with Gasteiger partial charge in [0.2, 0.25) is 5.91 Å². The molecule has 4 heteroatoms. The van der Waals surface area contributed by atoms with Crippen LogP contribution >= 0.6 is 11.6 Å². The summed E-state index contributed by atoms with van der Waals surface area (Å²) in [6.45, 7) is 5.79. The maximum absolute atomic E-state index is 12.3. The molecule has 1 saturated heterocycles. The summed E-state index contributed by atoms with van der Waals surface area (Å²) in [5, 5.41) is 0. The van der Waals surface area contributed by atoms with Gasteiger partial charge in [-0.2, -0.15) is 0 Å². The molecule has 1 fully saturated rings. The van der Waals surface area contributed by atoms with Crippen LogP contribution < -0.4 is 0 Å². The third-order valence-electron chi connectivity index (χ3n) is 3.98. The summed E-state index contributed by atoms with van der Waals surface area (Å²) in [6.07, 6.45) is 7.24. The minimum absolute atomic E-state index is 0.239. The lowest BCUT2D eigenvalue weighted by molar-refractivity contribution is -0.134. The number of nitrogens with zero attached hydrogens (tertiary/aromatic N) is 1. The SMILES string of the molecule is CCC(CC)N(CCCl)C(=O)CCC1CCCCO1. The van der Waals surface area contributed by atoms with E-state index in [1.807, 2.05) is 4.90 Å². The van der Waals surface area contributed by atoms with E-state index in [0.29, 0.717) is 24.9 Å². The number of hydrogen-bond donors (Lipinski definition) is 0. The molecule has 0 saturated carbocycles. The second-order valence-electron chi connectivity index (χ2n) is 5.27. The van der Waals surface area contributed by atoms with Crippen molar-refractivity contribution >= 4 is 17.5 Å². The Bertz CT molecular complexity index is 251. The van der Waals surface area contributed by atoms with Gasteiger partial charge < -0.3 is 9.64 Å². The van der Waals surface area contributed by atoms with Crippen molar-refractivity contribution in [2.45, 2.75) is 70.9 Å². The molecule has 0 aromatic carbocycles. The smallest absolute Gasteiger partial charge is 0.222 e. The van der Waals surface area contributed by atoms with E-state index >= 15 is 0 Å². The maximum Gasteiger partial charge on any atom is 0.222 e. The monoisotopic (exact) mass is 289 g/mol.